The average Bonchev–Trinajstić information content (AvgIpc) is 3.87. The number of benzene rings is 8. The molecule has 11 rings (SSSR count). The van der Waals surface area contributed by atoms with Gasteiger partial charge in [-0.1, -0.05) is 189 Å². The molecule has 0 aliphatic rings. The summed E-state index contributed by atoms with van der Waals surface area (Å²) in [6, 6.07) is 70.8. The molecule has 0 N–H and O–H groups in total. The van der Waals surface area contributed by atoms with Crippen LogP contribution in [0.5, 0.6) is 0 Å². The van der Waals surface area contributed by atoms with E-state index in [0.29, 0.717) is 5.82 Å². The summed E-state index contributed by atoms with van der Waals surface area (Å²) in [5, 5.41) is 4.74. The van der Waals surface area contributed by atoms with E-state index < -0.39 is 0 Å². The molecule has 8 aromatic carbocycles. The molecule has 0 spiro atoms. The molecule has 0 aliphatic heterocycles. The van der Waals surface area contributed by atoms with Crippen LogP contribution in [0.2, 0.25) is 0 Å². The van der Waals surface area contributed by atoms with Crippen molar-refractivity contribution >= 4 is 49.2 Å². The molecule has 0 radical (unpaired) electrons. The van der Waals surface area contributed by atoms with Crippen LogP contribution in [-0.2, 0) is 0 Å². The summed E-state index contributed by atoms with van der Waals surface area (Å²) in [4.78, 5) is 10.5. The first kappa shape index (κ1) is 36.7. The van der Waals surface area contributed by atoms with E-state index in [-0.39, 0.29) is 0 Å². The smallest absolute Gasteiger partial charge is 0.160 e. The normalized spacial score (nSPS) is 11.8. The molecule has 4 nitrogen and oxygen atoms in total. The lowest BCUT2D eigenvalue weighted by Gasteiger charge is -2.22. The standard InChI is InChI=1S/C58H40N4/c1-3-21-39(4-2)49-36-43(52-38-51(41-24-11-6-12-25-41)59-58(60-52)42-26-13-7-14-27-42)37-50(40-22-9-5-10-23-40)55(49)62-54-33-20-18-31-46(54)48-35-34-47-45-30-17-19-32-53(45)61(56(47)57(48)62)44-28-15-8-16-29-44/h3-38H,1-2H2/b39-21+. The van der Waals surface area contributed by atoms with Crippen LogP contribution in [0.4, 0.5) is 0 Å². The highest BCUT2D eigenvalue weighted by molar-refractivity contribution is 6.24. The Bertz CT molecular complexity index is 3460. The van der Waals surface area contributed by atoms with Crippen LogP contribution < -0.4 is 0 Å². The molecule has 0 saturated carbocycles. The van der Waals surface area contributed by atoms with Gasteiger partial charge in [0.1, 0.15) is 0 Å². The van der Waals surface area contributed by atoms with Gasteiger partial charge in [0.15, 0.2) is 5.82 Å². The van der Waals surface area contributed by atoms with Gasteiger partial charge in [0.2, 0.25) is 0 Å². The van der Waals surface area contributed by atoms with Gasteiger partial charge in [-0.05, 0) is 53.6 Å². The minimum absolute atomic E-state index is 0.665. The van der Waals surface area contributed by atoms with E-state index in [2.05, 4.69) is 204 Å². The SMILES string of the molecule is C=C/C=C(\C=C)c1cc(-c2cc(-c3ccccc3)nc(-c3ccccc3)n2)cc(-c2ccccc2)c1-n1c2ccccc2c2ccc3c4ccccc4n(-c4ccccc4)c3c21. The first-order chi connectivity index (χ1) is 30.7. The maximum atomic E-state index is 5.32. The third-order valence-corrected chi connectivity index (χ3v) is 11.9. The summed E-state index contributed by atoms with van der Waals surface area (Å²) < 4.78 is 4.93. The lowest BCUT2D eigenvalue weighted by atomic mass is 9.91. The van der Waals surface area contributed by atoms with Crippen molar-refractivity contribution in [1.29, 1.82) is 0 Å². The highest BCUT2D eigenvalue weighted by atomic mass is 15.0. The Morgan fingerprint density at radius 1 is 0.435 bits per heavy atom. The maximum absolute atomic E-state index is 5.32. The quantitative estimate of drug-likeness (QED) is 0.137. The highest BCUT2D eigenvalue weighted by Gasteiger charge is 2.26. The van der Waals surface area contributed by atoms with Gasteiger partial charge in [-0.3, -0.25) is 0 Å². The van der Waals surface area contributed by atoms with Crippen molar-refractivity contribution in [3.05, 3.63) is 237 Å². The first-order valence-corrected chi connectivity index (χ1v) is 20.9. The molecule has 0 amide bonds. The van der Waals surface area contributed by atoms with Gasteiger partial charge in [0.25, 0.3) is 0 Å². The van der Waals surface area contributed by atoms with Crippen molar-refractivity contribution in [3.8, 4) is 56.4 Å². The molecular formula is C58H40N4. The van der Waals surface area contributed by atoms with E-state index in [9.17, 15) is 0 Å². The molecule has 0 fully saturated rings. The number of aromatic nitrogens is 4. The van der Waals surface area contributed by atoms with Gasteiger partial charge < -0.3 is 9.13 Å². The van der Waals surface area contributed by atoms with Crippen LogP contribution in [-0.4, -0.2) is 19.1 Å². The minimum Gasteiger partial charge on any atom is -0.307 e. The second-order valence-corrected chi connectivity index (χ2v) is 15.4. The summed E-state index contributed by atoms with van der Waals surface area (Å²) in [7, 11) is 0. The summed E-state index contributed by atoms with van der Waals surface area (Å²) >= 11 is 0. The summed E-state index contributed by atoms with van der Waals surface area (Å²) in [5.41, 5.74) is 15.3. The van der Waals surface area contributed by atoms with Crippen molar-refractivity contribution in [3.63, 3.8) is 0 Å². The van der Waals surface area contributed by atoms with Gasteiger partial charge >= 0.3 is 0 Å². The van der Waals surface area contributed by atoms with E-state index in [1.54, 1.807) is 0 Å². The van der Waals surface area contributed by atoms with Gasteiger partial charge in [0, 0.05) is 55.0 Å². The molecule has 0 saturated heterocycles. The summed E-state index contributed by atoms with van der Waals surface area (Å²) in [5.74, 6) is 0.665. The number of hydrogen-bond acceptors (Lipinski definition) is 2. The molecule has 0 unspecified atom stereocenters. The van der Waals surface area contributed by atoms with Gasteiger partial charge in [-0.2, -0.15) is 0 Å². The predicted molar refractivity (Wildman–Crippen MR) is 261 cm³/mol. The predicted octanol–water partition coefficient (Wildman–Crippen LogP) is 15.1. The molecule has 62 heavy (non-hydrogen) atoms. The van der Waals surface area contributed by atoms with E-state index in [1.807, 2.05) is 36.4 Å². The molecule has 0 atom stereocenters. The van der Waals surface area contributed by atoms with Crippen LogP contribution in [0.3, 0.4) is 0 Å². The number of para-hydroxylation sites is 3. The van der Waals surface area contributed by atoms with E-state index in [4.69, 9.17) is 9.97 Å². The van der Waals surface area contributed by atoms with Crippen molar-refractivity contribution in [1.82, 2.24) is 19.1 Å². The van der Waals surface area contributed by atoms with Crippen molar-refractivity contribution in [2.45, 2.75) is 0 Å². The molecule has 3 aromatic heterocycles. The molecule has 4 heteroatoms. The Kier molecular flexibility index (Phi) is 9.10. The van der Waals surface area contributed by atoms with Crippen LogP contribution in [0.1, 0.15) is 5.56 Å². The molecule has 0 bridgehead atoms. The lowest BCUT2D eigenvalue weighted by molar-refractivity contribution is 1.14. The number of rotatable bonds is 9. The fourth-order valence-electron chi connectivity index (χ4n) is 9.12. The lowest BCUT2D eigenvalue weighted by Crippen LogP contribution is -2.05. The number of fused-ring (bicyclic) bond motifs is 7. The molecule has 0 aliphatic carbocycles. The second kappa shape index (κ2) is 15.4. The van der Waals surface area contributed by atoms with Crippen LogP contribution >= 0.6 is 0 Å². The van der Waals surface area contributed by atoms with Crippen LogP contribution in [0.25, 0.3) is 106 Å². The topological polar surface area (TPSA) is 35.6 Å². The van der Waals surface area contributed by atoms with Crippen LogP contribution in [0, 0.1) is 0 Å². The Morgan fingerprint density at radius 3 is 1.53 bits per heavy atom. The zero-order valence-electron chi connectivity index (χ0n) is 34.0. The van der Waals surface area contributed by atoms with Gasteiger partial charge in [-0.25, -0.2) is 9.97 Å². The van der Waals surface area contributed by atoms with Crippen molar-refractivity contribution in [2.24, 2.45) is 0 Å². The third kappa shape index (κ3) is 6.08. The fourth-order valence-corrected chi connectivity index (χ4v) is 9.12. The monoisotopic (exact) mass is 792 g/mol. The molecular weight excluding hydrogens is 753 g/mol. The zero-order valence-corrected chi connectivity index (χ0v) is 34.0. The number of allylic oxidation sites excluding steroid dienone is 4. The largest absolute Gasteiger partial charge is 0.307 e. The fraction of sp³-hybridized carbons (Fsp3) is 0. The number of hydrogen-bond donors (Lipinski definition) is 0. The summed E-state index contributed by atoms with van der Waals surface area (Å²) in [6.07, 6.45) is 5.84. The third-order valence-electron chi connectivity index (χ3n) is 11.9. The average molecular weight is 793 g/mol. The van der Waals surface area contributed by atoms with Crippen LogP contribution in [0.15, 0.2) is 232 Å². The zero-order chi connectivity index (χ0) is 41.6. The van der Waals surface area contributed by atoms with E-state index in [1.165, 1.54) is 21.5 Å². The number of nitrogens with zero attached hydrogens (tertiary/aromatic N) is 4. The van der Waals surface area contributed by atoms with Crippen molar-refractivity contribution in [2.75, 3.05) is 0 Å². The maximum Gasteiger partial charge on any atom is 0.160 e. The van der Waals surface area contributed by atoms with E-state index >= 15 is 0 Å². The van der Waals surface area contributed by atoms with Gasteiger partial charge in [-0.15, -0.1) is 0 Å². The Labute approximate surface area is 360 Å². The first-order valence-electron chi connectivity index (χ1n) is 20.9. The van der Waals surface area contributed by atoms with Crippen molar-refractivity contribution < 1.29 is 0 Å². The Morgan fingerprint density at radius 2 is 0.935 bits per heavy atom. The Hall–Kier alpha value is -8.34. The van der Waals surface area contributed by atoms with E-state index in [0.717, 1.165) is 83.8 Å². The highest BCUT2D eigenvalue weighted by Crippen LogP contribution is 2.46. The molecule has 292 valence electrons. The van der Waals surface area contributed by atoms with Gasteiger partial charge in [0.05, 0.1) is 39.1 Å². The summed E-state index contributed by atoms with van der Waals surface area (Å²) in [6.45, 7) is 8.57. The molecule has 11 aromatic rings. The Balaban J connectivity index is 1.32. The minimum atomic E-state index is 0.665. The molecule has 3 heterocycles. The second-order valence-electron chi connectivity index (χ2n) is 15.4.